The molecular formula is C12H16ClN3. The molecule has 0 spiro atoms. The largest absolute Gasteiger partial charge is 0.378 e. The third-order valence-corrected chi connectivity index (χ3v) is 4.06. The van der Waals surface area contributed by atoms with Crippen LogP contribution >= 0.6 is 11.6 Å². The summed E-state index contributed by atoms with van der Waals surface area (Å²) in [6.07, 6.45) is 4.36. The maximum Gasteiger partial charge on any atom is 0.152 e. The number of pyridine rings is 1. The number of fused-ring (bicyclic) bond motifs is 3. The van der Waals surface area contributed by atoms with Gasteiger partial charge in [0.15, 0.2) is 5.15 Å². The first-order valence-electron chi connectivity index (χ1n) is 5.92. The molecule has 1 unspecified atom stereocenters. The fraction of sp³-hybridized carbons (Fsp3) is 0.583. The molecule has 3 saturated heterocycles. The lowest BCUT2D eigenvalue weighted by Gasteiger charge is -2.45. The second kappa shape index (κ2) is 4.22. The number of nitrogens with zero attached hydrogens (tertiary/aromatic N) is 2. The average Bonchev–Trinajstić information content (AvgIpc) is 2.34. The molecule has 1 atom stereocenters. The molecule has 86 valence electrons. The highest BCUT2D eigenvalue weighted by atomic mass is 35.5. The summed E-state index contributed by atoms with van der Waals surface area (Å²) >= 11 is 6.06. The molecule has 16 heavy (non-hydrogen) atoms. The topological polar surface area (TPSA) is 28.2 Å². The molecule has 3 nitrogen and oxygen atoms in total. The lowest BCUT2D eigenvalue weighted by Crippen LogP contribution is -2.53. The molecule has 4 rings (SSSR count). The number of hydrogen-bond donors (Lipinski definition) is 1. The molecule has 1 aromatic heterocycles. The summed E-state index contributed by atoms with van der Waals surface area (Å²) in [5, 5.41) is 4.13. The van der Waals surface area contributed by atoms with Gasteiger partial charge in [-0.05, 0) is 44.0 Å². The number of rotatable bonds is 2. The van der Waals surface area contributed by atoms with Gasteiger partial charge in [0.25, 0.3) is 0 Å². The number of anilines is 1. The average molecular weight is 238 g/mol. The minimum atomic E-state index is 0.546. The second-order valence-electron chi connectivity index (χ2n) is 4.73. The van der Waals surface area contributed by atoms with E-state index in [9.17, 15) is 0 Å². The van der Waals surface area contributed by atoms with Crippen LogP contribution in [0, 0.1) is 5.92 Å². The van der Waals surface area contributed by atoms with Gasteiger partial charge in [-0.25, -0.2) is 4.98 Å². The molecule has 0 radical (unpaired) electrons. The number of piperidine rings is 3. The van der Waals surface area contributed by atoms with Gasteiger partial charge in [-0.2, -0.15) is 0 Å². The highest BCUT2D eigenvalue weighted by Gasteiger charge is 2.34. The first kappa shape index (κ1) is 10.4. The zero-order chi connectivity index (χ0) is 11.0. The van der Waals surface area contributed by atoms with Crippen LogP contribution in [-0.2, 0) is 0 Å². The van der Waals surface area contributed by atoms with Crippen LogP contribution in [0.25, 0.3) is 0 Å². The summed E-state index contributed by atoms with van der Waals surface area (Å²) in [5.74, 6) is 0.807. The zero-order valence-corrected chi connectivity index (χ0v) is 9.95. The minimum absolute atomic E-state index is 0.546. The molecule has 1 aromatic rings. The summed E-state index contributed by atoms with van der Waals surface area (Å²) in [7, 11) is 0. The van der Waals surface area contributed by atoms with E-state index in [0.717, 1.165) is 18.2 Å². The third-order valence-electron chi connectivity index (χ3n) is 3.76. The van der Waals surface area contributed by atoms with E-state index in [-0.39, 0.29) is 0 Å². The van der Waals surface area contributed by atoms with Crippen molar-refractivity contribution in [3.05, 3.63) is 23.5 Å². The quantitative estimate of drug-likeness (QED) is 0.800. The normalized spacial score (nSPS) is 32.7. The Morgan fingerprint density at radius 2 is 2.19 bits per heavy atom. The summed E-state index contributed by atoms with van der Waals surface area (Å²) in [6, 6.07) is 4.48. The van der Waals surface area contributed by atoms with Crippen LogP contribution in [0.4, 0.5) is 5.69 Å². The van der Waals surface area contributed by atoms with Gasteiger partial charge in [-0.3, -0.25) is 0 Å². The molecular weight excluding hydrogens is 222 g/mol. The van der Waals surface area contributed by atoms with Crippen molar-refractivity contribution in [2.45, 2.75) is 18.9 Å². The molecule has 0 saturated carbocycles. The molecule has 2 bridgehead atoms. The molecule has 4 heteroatoms. The first-order chi connectivity index (χ1) is 7.83. The summed E-state index contributed by atoms with van der Waals surface area (Å²) in [6.45, 7) is 3.68. The molecule has 4 heterocycles. The van der Waals surface area contributed by atoms with E-state index in [1.165, 1.54) is 25.9 Å². The van der Waals surface area contributed by atoms with Crippen molar-refractivity contribution in [2.24, 2.45) is 5.92 Å². The smallest absolute Gasteiger partial charge is 0.152 e. The molecule has 3 aliphatic heterocycles. The summed E-state index contributed by atoms with van der Waals surface area (Å²) in [4.78, 5) is 6.63. The maximum absolute atomic E-state index is 6.06. The summed E-state index contributed by atoms with van der Waals surface area (Å²) in [5.41, 5.74) is 0.975. The van der Waals surface area contributed by atoms with E-state index in [4.69, 9.17) is 11.6 Å². The van der Waals surface area contributed by atoms with E-state index in [1.54, 1.807) is 6.20 Å². The molecule has 1 N–H and O–H groups in total. The SMILES string of the molecule is Clc1ncccc1NC1CN2CCC1CC2. The Morgan fingerprint density at radius 1 is 1.38 bits per heavy atom. The fourth-order valence-corrected chi connectivity index (χ4v) is 3.00. The number of aromatic nitrogens is 1. The number of nitrogens with one attached hydrogen (secondary N) is 1. The fourth-order valence-electron chi connectivity index (χ4n) is 2.82. The van der Waals surface area contributed by atoms with Crippen LogP contribution in [0.15, 0.2) is 18.3 Å². The highest BCUT2D eigenvalue weighted by molar-refractivity contribution is 6.31. The van der Waals surface area contributed by atoms with Crippen molar-refractivity contribution in [1.29, 1.82) is 0 Å². The van der Waals surface area contributed by atoms with Gasteiger partial charge in [0.2, 0.25) is 0 Å². The number of hydrogen-bond acceptors (Lipinski definition) is 3. The Kier molecular flexibility index (Phi) is 2.74. The van der Waals surface area contributed by atoms with E-state index in [2.05, 4.69) is 15.2 Å². The van der Waals surface area contributed by atoms with Crippen molar-refractivity contribution >= 4 is 17.3 Å². The predicted molar refractivity (Wildman–Crippen MR) is 65.8 cm³/mol. The molecule has 3 aliphatic rings. The summed E-state index contributed by atoms with van der Waals surface area (Å²) < 4.78 is 0. The minimum Gasteiger partial charge on any atom is -0.378 e. The van der Waals surface area contributed by atoms with E-state index >= 15 is 0 Å². The molecule has 0 aliphatic carbocycles. The number of halogens is 1. The Hall–Kier alpha value is -0.800. The molecule has 3 fully saturated rings. The van der Waals surface area contributed by atoms with E-state index in [1.807, 2.05) is 12.1 Å². The van der Waals surface area contributed by atoms with Crippen molar-refractivity contribution in [2.75, 3.05) is 25.0 Å². The Labute approximate surface area is 101 Å². The lowest BCUT2D eigenvalue weighted by atomic mass is 9.84. The van der Waals surface area contributed by atoms with Crippen molar-refractivity contribution in [1.82, 2.24) is 9.88 Å². The predicted octanol–water partition coefficient (Wildman–Crippen LogP) is 2.24. The van der Waals surface area contributed by atoms with Crippen molar-refractivity contribution < 1.29 is 0 Å². The van der Waals surface area contributed by atoms with Gasteiger partial charge in [0, 0.05) is 18.8 Å². The second-order valence-corrected chi connectivity index (χ2v) is 5.09. The van der Waals surface area contributed by atoms with Crippen LogP contribution in [0.2, 0.25) is 5.15 Å². The van der Waals surface area contributed by atoms with Crippen LogP contribution < -0.4 is 5.32 Å². The van der Waals surface area contributed by atoms with Gasteiger partial charge in [-0.15, -0.1) is 0 Å². The van der Waals surface area contributed by atoms with Crippen LogP contribution in [-0.4, -0.2) is 35.6 Å². The van der Waals surface area contributed by atoms with Gasteiger partial charge in [0.05, 0.1) is 5.69 Å². The van der Waals surface area contributed by atoms with E-state index < -0.39 is 0 Å². The first-order valence-corrected chi connectivity index (χ1v) is 6.30. The van der Waals surface area contributed by atoms with Gasteiger partial charge >= 0.3 is 0 Å². The third kappa shape index (κ3) is 1.89. The molecule has 0 amide bonds. The van der Waals surface area contributed by atoms with Crippen molar-refractivity contribution in [3.63, 3.8) is 0 Å². The zero-order valence-electron chi connectivity index (χ0n) is 9.19. The van der Waals surface area contributed by atoms with Crippen molar-refractivity contribution in [3.8, 4) is 0 Å². The Balaban J connectivity index is 1.73. The monoisotopic (exact) mass is 237 g/mol. The van der Waals surface area contributed by atoms with Crippen LogP contribution in [0.3, 0.4) is 0 Å². The van der Waals surface area contributed by atoms with Crippen LogP contribution in [0.1, 0.15) is 12.8 Å². The van der Waals surface area contributed by atoms with E-state index in [0.29, 0.717) is 11.2 Å². The Morgan fingerprint density at radius 3 is 2.81 bits per heavy atom. The lowest BCUT2D eigenvalue weighted by molar-refractivity contribution is 0.0975. The van der Waals surface area contributed by atoms with Gasteiger partial charge < -0.3 is 10.2 Å². The Bertz CT molecular complexity index is 374. The maximum atomic E-state index is 6.06. The standard InChI is InChI=1S/C12H16ClN3/c13-12-10(2-1-5-14-12)15-11-8-16-6-3-9(11)4-7-16/h1-2,5,9,11,15H,3-4,6-8H2. The van der Waals surface area contributed by atoms with Crippen LogP contribution in [0.5, 0.6) is 0 Å². The highest BCUT2D eigenvalue weighted by Crippen LogP contribution is 2.30. The van der Waals surface area contributed by atoms with Gasteiger partial charge in [0.1, 0.15) is 0 Å². The van der Waals surface area contributed by atoms with Gasteiger partial charge in [-0.1, -0.05) is 11.6 Å². The molecule has 0 aromatic carbocycles.